The third-order valence-corrected chi connectivity index (χ3v) is 3.47. The van der Waals surface area contributed by atoms with Gasteiger partial charge in [-0.25, -0.2) is 9.18 Å². The van der Waals surface area contributed by atoms with E-state index in [0.717, 1.165) is 0 Å². The minimum Gasteiger partial charge on any atom is -0.477 e. The summed E-state index contributed by atoms with van der Waals surface area (Å²) in [6, 6.07) is 0. The molecule has 1 unspecified atom stereocenters. The van der Waals surface area contributed by atoms with Crippen molar-refractivity contribution in [2.75, 3.05) is 0 Å². The first kappa shape index (κ1) is 26.6. The van der Waals surface area contributed by atoms with Gasteiger partial charge in [-0.05, 0) is 0 Å². The number of carbonyl (C=O) groups is 1. The van der Waals surface area contributed by atoms with Crippen LogP contribution in [0.3, 0.4) is 0 Å². The van der Waals surface area contributed by atoms with Gasteiger partial charge in [0, 0.05) is 0 Å². The van der Waals surface area contributed by atoms with E-state index in [-0.39, 0.29) is 0 Å². The lowest BCUT2D eigenvalue weighted by Gasteiger charge is -2.42. The minimum absolute atomic E-state index is 3.54. The lowest BCUT2D eigenvalue weighted by molar-refractivity contribution is -0.447. The van der Waals surface area contributed by atoms with E-state index in [1.54, 1.807) is 0 Å². The van der Waals surface area contributed by atoms with Crippen LogP contribution in [0.1, 0.15) is 0 Å². The Labute approximate surface area is 146 Å². The molecule has 0 heterocycles. The quantitative estimate of drug-likeness (QED) is 0.394. The van der Waals surface area contributed by atoms with Crippen LogP contribution >= 0.6 is 11.6 Å². The van der Waals surface area contributed by atoms with Crippen molar-refractivity contribution in [2.24, 2.45) is 0 Å². The minimum atomic E-state index is -8.61. The molecule has 0 aromatic rings. The van der Waals surface area contributed by atoms with E-state index in [0.29, 0.717) is 0 Å². The number of rotatable bonds is 7. The molecule has 0 rings (SSSR count). The summed E-state index contributed by atoms with van der Waals surface area (Å²) in [5.41, 5.74) is 0. The molecule has 0 radical (unpaired) electrons. The van der Waals surface area contributed by atoms with Crippen molar-refractivity contribution < 1.29 is 80.1 Å². The molecule has 0 saturated heterocycles. The van der Waals surface area contributed by atoms with Crippen molar-refractivity contribution in [2.45, 2.75) is 46.8 Å². The summed E-state index contributed by atoms with van der Waals surface area (Å²) in [5, 5.41) is 0.541. The highest BCUT2D eigenvalue weighted by Crippen LogP contribution is 2.64. The lowest BCUT2D eigenvalue weighted by atomic mass is 9.90. The fraction of sp³-hybridized carbons (Fsp3) is 0.889. The molecule has 0 aliphatic rings. The highest BCUT2D eigenvalue weighted by Gasteiger charge is 2.95. The van der Waals surface area contributed by atoms with Crippen LogP contribution in [0.15, 0.2) is 0 Å². The summed E-state index contributed by atoms with van der Waals surface area (Å²) in [6.07, 6.45) is -7.77. The Balaban J connectivity index is 6.76. The number of alkyl halides is 17. The Morgan fingerprint density at radius 2 is 0.786 bits per heavy atom. The molecule has 0 aromatic heterocycles. The first-order chi connectivity index (χ1) is 11.7. The molecule has 0 spiro atoms. The van der Waals surface area contributed by atoms with Crippen LogP contribution in [0.4, 0.5) is 70.2 Å². The second-order valence-corrected chi connectivity index (χ2v) is 5.34. The lowest BCUT2D eigenvalue weighted by Crippen LogP contribution is -2.74. The molecule has 0 aliphatic carbocycles. The van der Waals surface area contributed by atoms with Gasteiger partial charge in [0.25, 0.3) is 0 Å². The van der Waals surface area contributed by atoms with Crippen molar-refractivity contribution >= 4 is 17.6 Å². The molecule has 1 atom stereocenters. The van der Waals surface area contributed by atoms with Gasteiger partial charge in [0.15, 0.2) is 0 Å². The molecular formula is C9HClF16O2. The Hall–Kier alpha value is -1.36. The van der Waals surface area contributed by atoms with Crippen molar-refractivity contribution in [3.63, 3.8) is 0 Å². The molecule has 168 valence electrons. The fourth-order valence-electron chi connectivity index (χ4n) is 1.30. The van der Waals surface area contributed by atoms with E-state index in [1.165, 1.54) is 0 Å². The van der Waals surface area contributed by atoms with E-state index in [9.17, 15) is 75.0 Å². The number of carboxylic acids is 1. The maximum atomic E-state index is 13.3. The molecular weight excluding hydrogens is 480 g/mol. The third-order valence-electron chi connectivity index (χ3n) is 2.99. The van der Waals surface area contributed by atoms with Crippen LogP contribution in [-0.2, 0) is 4.79 Å². The van der Waals surface area contributed by atoms with Crippen molar-refractivity contribution in [3.8, 4) is 0 Å². The molecule has 0 aliphatic heterocycles. The maximum Gasteiger partial charge on any atom is 0.460 e. The molecule has 28 heavy (non-hydrogen) atoms. The highest BCUT2D eigenvalue weighted by atomic mass is 35.5. The SMILES string of the molecule is O=C(O)C(F)(F)C(F)(Cl)C(F)(F)C(F)(F)C(F)(F)C(F)(F)C(F)(F)C(F)(F)F. The number of aliphatic carboxylic acids is 1. The number of hydrogen-bond donors (Lipinski definition) is 1. The molecule has 19 heteroatoms. The van der Waals surface area contributed by atoms with E-state index in [2.05, 4.69) is 11.6 Å². The molecule has 2 nitrogen and oxygen atoms in total. The van der Waals surface area contributed by atoms with E-state index >= 15 is 0 Å². The molecule has 0 amide bonds. The van der Waals surface area contributed by atoms with Gasteiger partial charge >= 0.3 is 52.8 Å². The van der Waals surface area contributed by atoms with E-state index in [4.69, 9.17) is 5.11 Å². The van der Waals surface area contributed by atoms with Gasteiger partial charge in [0.05, 0.1) is 0 Å². The van der Waals surface area contributed by atoms with Crippen LogP contribution in [0, 0.1) is 0 Å². The average Bonchev–Trinajstić information content (AvgIpc) is 2.44. The zero-order chi connectivity index (χ0) is 23.6. The van der Waals surface area contributed by atoms with Gasteiger partial charge < -0.3 is 5.11 Å². The van der Waals surface area contributed by atoms with Gasteiger partial charge in [-0.1, -0.05) is 11.6 Å². The normalized spacial score (nSPS) is 18.0. The Morgan fingerprint density at radius 3 is 1.04 bits per heavy atom. The zero-order valence-corrected chi connectivity index (χ0v) is 12.5. The summed E-state index contributed by atoms with van der Waals surface area (Å²) in [4.78, 5) is 9.92. The summed E-state index contributed by atoms with van der Waals surface area (Å²) in [7, 11) is 0. The predicted octanol–water partition coefficient (Wildman–Crippen LogP) is 5.35. The first-order valence-corrected chi connectivity index (χ1v) is 6.02. The van der Waals surface area contributed by atoms with Gasteiger partial charge in [-0.2, -0.15) is 65.9 Å². The van der Waals surface area contributed by atoms with Crippen molar-refractivity contribution in [1.82, 2.24) is 0 Å². The second kappa shape index (κ2) is 6.32. The highest BCUT2D eigenvalue weighted by molar-refractivity contribution is 6.26. The Bertz CT molecular complexity index is 620. The molecule has 0 aromatic carbocycles. The summed E-state index contributed by atoms with van der Waals surface area (Å²) in [5.74, 6) is -53.1. The van der Waals surface area contributed by atoms with Crippen LogP contribution in [0.2, 0.25) is 0 Å². The summed E-state index contributed by atoms with van der Waals surface area (Å²) < 4.78 is 204. The monoisotopic (exact) mass is 480 g/mol. The van der Waals surface area contributed by atoms with Crippen LogP contribution in [0.5, 0.6) is 0 Å². The van der Waals surface area contributed by atoms with Gasteiger partial charge in [0.2, 0.25) is 0 Å². The van der Waals surface area contributed by atoms with Crippen LogP contribution in [-0.4, -0.2) is 57.9 Å². The largest absolute Gasteiger partial charge is 0.477 e. The summed E-state index contributed by atoms with van der Waals surface area (Å²) in [6.45, 7) is 0. The summed E-state index contributed by atoms with van der Waals surface area (Å²) >= 11 is 3.54. The van der Waals surface area contributed by atoms with Gasteiger partial charge in [-0.3, -0.25) is 0 Å². The second-order valence-electron chi connectivity index (χ2n) is 4.82. The van der Waals surface area contributed by atoms with Gasteiger partial charge in [0.1, 0.15) is 0 Å². The standard InChI is InChI=1S/C9HClF16O2/c10-3(13,2(11,12)1(27)28)4(14,15)5(16,17)6(18,19)7(20,21)8(22,23)9(24,25)26/h(H,27,28). The first-order valence-electron chi connectivity index (χ1n) is 5.64. The molecule has 0 bridgehead atoms. The number of hydrogen-bond acceptors (Lipinski definition) is 1. The molecule has 0 fully saturated rings. The van der Waals surface area contributed by atoms with E-state index < -0.39 is 52.8 Å². The average molecular weight is 481 g/mol. The van der Waals surface area contributed by atoms with Crippen molar-refractivity contribution in [3.05, 3.63) is 0 Å². The third kappa shape index (κ3) is 3.01. The maximum absolute atomic E-state index is 13.3. The van der Waals surface area contributed by atoms with E-state index in [1.807, 2.05) is 0 Å². The predicted molar refractivity (Wildman–Crippen MR) is 53.1 cm³/mol. The smallest absolute Gasteiger partial charge is 0.460 e. The van der Waals surface area contributed by atoms with Crippen LogP contribution < -0.4 is 0 Å². The van der Waals surface area contributed by atoms with Gasteiger partial charge in [-0.15, -0.1) is 0 Å². The van der Waals surface area contributed by atoms with Crippen LogP contribution in [0.25, 0.3) is 0 Å². The van der Waals surface area contributed by atoms with Crippen molar-refractivity contribution in [1.29, 1.82) is 0 Å². The molecule has 1 N–H and O–H groups in total. The zero-order valence-electron chi connectivity index (χ0n) is 11.8. The fourth-order valence-corrected chi connectivity index (χ4v) is 1.50. The Morgan fingerprint density at radius 1 is 0.536 bits per heavy atom. The topological polar surface area (TPSA) is 37.3 Å². The Kier molecular flexibility index (Phi) is 6.01. The number of halogens is 17. The molecule has 0 saturated carbocycles. The number of carboxylic acid groups (broad SMARTS) is 1.